The van der Waals surface area contributed by atoms with Crippen LogP contribution < -0.4 is 0 Å². The fraction of sp³-hybridized carbons (Fsp3) is 0.500. The van der Waals surface area contributed by atoms with E-state index >= 15 is 0 Å². The molecule has 0 saturated carbocycles. The van der Waals surface area contributed by atoms with Gasteiger partial charge in [0.05, 0.1) is 12.5 Å². The number of nitrogens with zero attached hydrogens (tertiary/aromatic N) is 1. The van der Waals surface area contributed by atoms with Crippen molar-refractivity contribution in [2.24, 2.45) is 5.92 Å². The van der Waals surface area contributed by atoms with Crippen LogP contribution in [0.3, 0.4) is 0 Å². The van der Waals surface area contributed by atoms with Crippen molar-refractivity contribution in [1.29, 1.82) is 0 Å². The fourth-order valence-electron chi connectivity index (χ4n) is 3.04. The summed E-state index contributed by atoms with van der Waals surface area (Å²) >= 11 is 0. The Morgan fingerprint density at radius 3 is 2.46 bits per heavy atom. The zero-order valence-corrected chi connectivity index (χ0v) is 17.2. The summed E-state index contributed by atoms with van der Waals surface area (Å²) < 4.78 is 10.5. The first-order valence-corrected chi connectivity index (χ1v) is 9.53. The van der Waals surface area contributed by atoms with Gasteiger partial charge in [0.15, 0.2) is 0 Å². The Balaban J connectivity index is 2.20. The second-order valence-electron chi connectivity index (χ2n) is 8.29. The van der Waals surface area contributed by atoms with Gasteiger partial charge in [-0.1, -0.05) is 50.3 Å². The average Bonchev–Trinajstić information content (AvgIpc) is 2.93. The molecule has 1 aromatic rings. The number of carbonyl (C=O) groups excluding carboxylic acids is 3. The van der Waals surface area contributed by atoms with Crippen molar-refractivity contribution in [3.05, 3.63) is 47.5 Å². The zero-order chi connectivity index (χ0) is 20.9. The molecular formula is C22H29NO5. The van der Waals surface area contributed by atoms with Crippen LogP contribution >= 0.6 is 0 Å². The van der Waals surface area contributed by atoms with E-state index < -0.39 is 29.6 Å². The smallest absolute Gasteiger partial charge is 0.417 e. The number of allylic oxidation sites excluding steroid dienone is 1. The monoisotopic (exact) mass is 387 g/mol. The van der Waals surface area contributed by atoms with E-state index in [-0.39, 0.29) is 24.5 Å². The lowest BCUT2D eigenvalue weighted by molar-refractivity contribution is -0.154. The Labute approximate surface area is 166 Å². The lowest BCUT2D eigenvalue weighted by Gasteiger charge is -2.23. The molecule has 2 rings (SSSR count). The van der Waals surface area contributed by atoms with Gasteiger partial charge in [-0.25, -0.2) is 9.69 Å². The minimum absolute atomic E-state index is 0.0348. The normalized spacial score (nSPS) is 17.6. The van der Waals surface area contributed by atoms with E-state index in [9.17, 15) is 14.4 Å². The molecule has 0 spiro atoms. The van der Waals surface area contributed by atoms with Gasteiger partial charge in [-0.3, -0.25) is 9.59 Å². The number of imide groups is 1. The van der Waals surface area contributed by atoms with Gasteiger partial charge in [-0.05, 0) is 38.7 Å². The molecule has 0 radical (unpaired) electrons. The maximum atomic E-state index is 13.1. The first kappa shape index (κ1) is 21.7. The number of benzene rings is 1. The molecule has 6 heteroatoms. The Morgan fingerprint density at radius 1 is 1.25 bits per heavy atom. The molecule has 0 aliphatic carbocycles. The van der Waals surface area contributed by atoms with Crippen molar-refractivity contribution in [3.63, 3.8) is 0 Å². The van der Waals surface area contributed by atoms with Crippen LogP contribution in [0.25, 0.3) is 0 Å². The molecule has 1 heterocycles. The third-order valence-electron chi connectivity index (χ3n) is 4.06. The molecule has 152 valence electrons. The van der Waals surface area contributed by atoms with Crippen LogP contribution in [-0.4, -0.2) is 41.1 Å². The Morgan fingerprint density at radius 2 is 1.89 bits per heavy atom. The number of rotatable bonds is 6. The largest absolute Gasteiger partial charge is 0.460 e. The highest BCUT2D eigenvalue weighted by Gasteiger charge is 2.39. The molecule has 1 saturated heterocycles. The van der Waals surface area contributed by atoms with Crippen LogP contribution in [0.1, 0.15) is 46.6 Å². The second-order valence-corrected chi connectivity index (χ2v) is 8.29. The topological polar surface area (TPSA) is 72.9 Å². The summed E-state index contributed by atoms with van der Waals surface area (Å²) in [6.45, 7) is 9.27. The number of esters is 1. The summed E-state index contributed by atoms with van der Waals surface area (Å²) in [4.78, 5) is 38.8. The molecule has 2 amide bonds. The van der Waals surface area contributed by atoms with E-state index in [0.717, 1.165) is 10.5 Å². The lowest BCUT2D eigenvalue weighted by Crippen LogP contribution is -2.41. The van der Waals surface area contributed by atoms with Crippen molar-refractivity contribution in [3.8, 4) is 0 Å². The van der Waals surface area contributed by atoms with Crippen molar-refractivity contribution in [1.82, 2.24) is 4.90 Å². The van der Waals surface area contributed by atoms with E-state index in [1.54, 1.807) is 26.8 Å². The first-order chi connectivity index (χ1) is 13.1. The van der Waals surface area contributed by atoms with Gasteiger partial charge in [0, 0.05) is 5.57 Å². The summed E-state index contributed by atoms with van der Waals surface area (Å²) in [7, 11) is 0. The van der Waals surface area contributed by atoms with Gasteiger partial charge in [0.2, 0.25) is 0 Å². The summed E-state index contributed by atoms with van der Waals surface area (Å²) in [5.74, 6) is -0.963. The molecular weight excluding hydrogens is 358 g/mol. The molecule has 1 fully saturated rings. The van der Waals surface area contributed by atoms with Crippen molar-refractivity contribution < 1.29 is 23.9 Å². The first-order valence-electron chi connectivity index (χ1n) is 9.53. The number of ether oxygens (including phenoxy) is 2. The maximum Gasteiger partial charge on any atom is 0.417 e. The zero-order valence-electron chi connectivity index (χ0n) is 17.2. The SMILES string of the molecule is CC(C)C=C(CC(=O)OC(C)(C)C)C(=O)N1C(=O)OCC1Cc1ccccc1. The van der Waals surface area contributed by atoms with Crippen LogP contribution in [-0.2, 0) is 25.5 Å². The molecule has 1 atom stereocenters. The van der Waals surface area contributed by atoms with E-state index in [4.69, 9.17) is 9.47 Å². The van der Waals surface area contributed by atoms with E-state index in [0.29, 0.717) is 6.42 Å². The summed E-state index contributed by atoms with van der Waals surface area (Å²) in [6.07, 6.45) is 1.34. The molecule has 0 bridgehead atoms. The predicted molar refractivity (Wildman–Crippen MR) is 106 cm³/mol. The third-order valence-corrected chi connectivity index (χ3v) is 4.06. The standard InChI is InChI=1S/C22H29NO5/c1-15(2)11-17(13-19(24)28-22(3,4)5)20(25)23-18(14-27-21(23)26)12-16-9-7-6-8-10-16/h6-11,15,18H,12-14H2,1-5H3. The van der Waals surface area contributed by atoms with E-state index in [1.165, 1.54) is 0 Å². The van der Waals surface area contributed by atoms with Crippen LogP contribution in [0.15, 0.2) is 42.0 Å². The van der Waals surface area contributed by atoms with Crippen LogP contribution in [0.2, 0.25) is 0 Å². The van der Waals surface area contributed by atoms with Crippen LogP contribution in [0.4, 0.5) is 4.79 Å². The van der Waals surface area contributed by atoms with Gasteiger partial charge in [0.1, 0.15) is 12.2 Å². The van der Waals surface area contributed by atoms with Crippen LogP contribution in [0.5, 0.6) is 0 Å². The molecule has 1 aromatic carbocycles. The second kappa shape index (κ2) is 9.04. The Kier molecular flexibility index (Phi) is 7.00. The minimum atomic E-state index is -0.676. The van der Waals surface area contributed by atoms with E-state index in [2.05, 4.69) is 0 Å². The predicted octanol–water partition coefficient (Wildman–Crippen LogP) is 3.89. The van der Waals surface area contributed by atoms with Crippen molar-refractivity contribution >= 4 is 18.0 Å². The number of cyclic esters (lactones) is 1. The highest BCUT2D eigenvalue weighted by molar-refractivity contribution is 6.05. The molecule has 1 aliphatic heterocycles. The average molecular weight is 387 g/mol. The lowest BCUT2D eigenvalue weighted by atomic mass is 10.0. The summed E-state index contributed by atoms with van der Waals surface area (Å²) in [5.41, 5.74) is 0.608. The highest BCUT2D eigenvalue weighted by Crippen LogP contribution is 2.23. The summed E-state index contributed by atoms with van der Waals surface area (Å²) in [5, 5.41) is 0. The minimum Gasteiger partial charge on any atom is -0.460 e. The van der Waals surface area contributed by atoms with Gasteiger partial charge >= 0.3 is 12.1 Å². The maximum absolute atomic E-state index is 13.1. The fourth-order valence-corrected chi connectivity index (χ4v) is 3.04. The Bertz CT molecular complexity index is 746. The van der Waals surface area contributed by atoms with Crippen LogP contribution in [0, 0.1) is 5.92 Å². The summed E-state index contributed by atoms with van der Waals surface area (Å²) in [6, 6.07) is 9.20. The number of amides is 2. The van der Waals surface area contributed by atoms with Gasteiger partial charge in [0.25, 0.3) is 5.91 Å². The molecule has 28 heavy (non-hydrogen) atoms. The van der Waals surface area contributed by atoms with Gasteiger partial charge in [-0.15, -0.1) is 0 Å². The van der Waals surface area contributed by atoms with Gasteiger partial charge in [-0.2, -0.15) is 0 Å². The molecule has 6 nitrogen and oxygen atoms in total. The molecule has 1 aliphatic rings. The van der Waals surface area contributed by atoms with Crippen molar-refractivity contribution in [2.45, 2.75) is 59.1 Å². The Hall–Kier alpha value is -2.63. The number of carbonyl (C=O) groups is 3. The highest BCUT2D eigenvalue weighted by atomic mass is 16.6. The number of hydrogen-bond acceptors (Lipinski definition) is 5. The third kappa shape index (κ3) is 6.22. The van der Waals surface area contributed by atoms with Gasteiger partial charge < -0.3 is 9.47 Å². The van der Waals surface area contributed by atoms with Crippen molar-refractivity contribution in [2.75, 3.05) is 6.61 Å². The molecule has 1 unspecified atom stereocenters. The van der Waals surface area contributed by atoms with E-state index in [1.807, 2.05) is 44.2 Å². The molecule has 0 N–H and O–H groups in total. The number of hydrogen-bond donors (Lipinski definition) is 0. The molecule has 0 aromatic heterocycles. The quantitative estimate of drug-likeness (QED) is 0.547.